The minimum Gasteiger partial charge on any atom is -0.476 e. The van der Waals surface area contributed by atoms with E-state index in [1.807, 2.05) is 12.1 Å². The van der Waals surface area contributed by atoms with Crippen LogP contribution in [0.5, 0.6) is 5.75 Å². The van der Waals surface area contributed by atoms with Gasteiger partial charge < -0.3 is 26.0 Å². The molecule has 0 amide bonds. The highest BCUT2D eigenvalue weighted by atomic mass is 16.5. The first-order valence-corrected chi connectivity index (χ1v) is 6.60. The molecule has 0 aliphatic carbocycles. The molecule has 0 aromatic heterocycles. The minimum atomic E-state index is 0.0241. The summed E-state index contributed by atoms with van der Waals surface area (Å²) in [6.45, 7) is 4.08. The largest absolute Gasteiger partial charge is 0.476 e. The predicted molar refractivity (Wildman–Crippen MR) is 81.3 cm³/mol. The van der Waals surface area contributed by atoms with Gasteiger partial charge in [0.25, 0.3) is 0 Å². The highest BCUT2D eigenvalue weighted by Gasteiger charge is 2.18. The molecule has 6 N–H and O–H groups in total. The molecular weight excluding hydrogens is 256 g/mol. The van der Waals surface area contributed by atoms with E-state index in [9.17, 15) is 0 Å². The summed E-state index contributed by atoms with van der Waals surface area (Å²) in [5.41, 5.74) is 18.0. The van der Waals surface area contributed by atoms with Gasteiger partial charge in [-0.1, -0.05) is 0 Å². The lowest BCUT2D eigenvalue weighted by Crippen LogP contribution is -2.44. The van der Waals surface area contributed by atoms with Gasteiger partial charge in [-0.15, -0.1) is 0 Å². The number of hydrogen-bond acceptors (Lipinski definition) is 5. The Morgan fingerprint density at radius 3 is 2.55 bits per heavy atom. The second kappa shape index (κ2) is 6.44. The van der Waals surface area contributed by atoms with Crippen molar-refractivity contribution in [1.82, 2.24) is 4.90 Å². The van der Waals surface area contributed by atoms with Crippen LogP contribution >= 0.6 is 0 Å². The van der Waals surface area contributed by atoms with Crippen molar-refractivity contribution in [3.8, 4) is 5.75 Å². The highest BCUT2D eigenvalue weighted by Crippen LogP contribution is 2.33. The minimum absolute atomic E-state index is 0.0241. The molecule has 1 aliphatic rings. The van der Waals surface area contributed by atoms with Crippen molar-refractivity contribution < 1.29 is 4.74 Å². The Morgan fingerprint density at radius 2 is 1.95 bits per heavy atom. The fourth-order valence-electron chi connectivity index (χ4n) is 2.24. The van der Waals surface area contributed by atoms with Crippen LogP contribution < -0.4 is 26.8 Å². The van der Waals surface area contributed by atoms with E-state index >= 15 is 0 Å². The smallest absolute Gasteiger partial charge is 0.191 e. The molecule has 0 bridgehead atoms. The van der Waals surface area contributed by atoms with Crippen molar-refractivity contribution in [2.45, 2.75) is 0 Å². The van der Waals surface area contributed by atoms with Crippen LogP contribution in [-0.4, -0.2) is 50.8 Å². The van der Waals surface area contributed by atoms with Crippen LogP contribution in [0, 0.1) is 0 Å². The molecule has 7 nitrogen and oxygen atoms in total. The van der Waals surface area contributed by atoms with Gasteiger partial charge in [0.1, 0.15) is 12.5 Å². The van der Waals surface area contributed by atoms with Gasteiger partial charge in [0.15, 0.2) is 5.96 Å². The Hall–Kier alpha value is -1.99. The van der Waals surface area contributed by atoms with Gasteiger partial charge in [-0.2, -0.15) is 0 Å². The maximum absolute atomic E-state index is 5.51. The molecule has 2 rings (SSSR count). The molecule has 0 atom stereocenters. The van der Waals surface area contributed by atoms with Gasteiger partial charge in [0, 0.05) is 32.2 Å². The zero-order valence-electron chi connectivity index (χ0n) is 11.7. The summed E-state index contributed by atoms with van der Waals surface area (Å²) in [6.07, 6.45) is 0. The monoisotopic (exact) mass is 278 g/mol. The van der Waals surface area contributed by atoms with Crippen molar-refractivity contribution in [3.63, 3.8) is 0 Å². The molecule has 1 aliphatic heterocycles. The van der Waals surface area contributed by atoms with Gasteiger partial charge in [-0.05, 0) is 19.2 Å². The lowest BCUT2D eigenvalue weighted by Gasteiger charge is -2.34. The second-order valence-corrected chi connectivity index (χ2v) is 4.79. The number of likely N-dealkylation sites (N-methyl/N-ethyl adjacent to an activating group) is 1. The average molecular weight is 278 g/mol. The summed E-state index contributed by atoms with van der Waals surface area (Å²) in [5.74, 6) is 0.732. The van der Waals surface area contributed by atoms with Crippen molar-refractivity contribution in [1.29, 1.82) is 0 Å². The number of ether oxygens (including phenoxy) is 1. The van der Waals surface area contributed by atoms with Crippen LogP contribution in [0.2, 0.25) is 0 Å². The third-order valence-corrected chi connectivity index (χ3v) is 3.28. The molecule has 7 heteroatoms. The first-order valence-electron chi connectivity index (χ1n) is 6.60. The average Bonchev–Trinajstić information content (AvgIpc) is 2.40. The van der Waals surface area contributed by atoms with Crippen LogP contribution in [0.4, 0.5) is 11.4 Å². The van der Waals surface area contributed by atoms with E-state index in [0.717, 1.165) is 31.9 Å². The summed E-state index contributed by atoms with van der Waals surface area (Å²) in [5, 5.41) is 0. The SMILES string of the molecule is CN1CCN(c2ccc(N=C(N)N)cc2OCN)CC1. The van der Waals surface area contributed by atoms with Gasteiger partial charge in [-0.3, -0.25) is 5.73 Å². The number of nitrogens with zero attached hydrogens (tertiary/aromatic N) is 3. The summed E-state index contributed by atoms with van der Waals surface area (Å²) in [7, 11) is 2.12. The number of anilines is 1. The molecular formula is C13H22N6O. The number of guanidine groups is 1. The molecule has 0 unspecified atom stereocenters. The van der Waals surface area contributed by atoms with Crippen LogP contribution in [0.25, 0.3) is 0 Å². The third-order valence-electron chi connectivity index (χ3n) is 3.28. The van der Waals surface area contributed by atoms with Gasteiger partial charge in [0.2, 0.25) is 0 Å². The van der Waals surface area contributed by atoms with Crippen molar-refractivity contribution in [2.75, 3.05) is 44.9 Å². The van der Waals surface area contributed by atoms with E-state index in [4.69, 9.17) is 21.9 Å². The molecule has 0 saturated carbocycles. The summed E-state index contributed by atoms with van der Waals surface area (Å²) >= 11 is 0. The van der Waals surface area contributed by atoms with Gasteiger partial charge in [-0.25, -0.2) is 4.99 Å². The lowest BCUT2D eigenvalue weighted by molar-refractivity contribution is 0.305. The fraction of sp³-hybridized carbons (Fsp3) is 0.462. The van der Waals surface area contributed by atoms with E-state index < -0.39 is 0 Å². The Balaban J connectivity index is 2.25. The van der Waals surface area contributed by atoms with Crippen LogP contribution in [-0.2, 0) is 0 Å². The standard InChI is InChI=1S/C13H22N6O/c1-18-4-6-19(7-5-18)11-3-2-10(17-13(15)16)8-12(11)20-9-14/h2-3,8H,4-7,9,14H2,1H3,(H4,15,16,17). The van der Waals surface area contributed by atoms with E-state index in [0.29, 0.717) is 11.4 Å². The molecule has 110 valence electrons. The maximum Gasteiger partial charge on any atom is 0.191 e. The van der Waals surface area contributed by atoms with E-state index in [2.05, 4.69) is 21.8 Å². The summed E-state index contributed by atoms with van der Waals surface area (Å²) in [6, 6.07) is 5.65. The Labute approximate surface area is 119 Å². The fourth-order valence-corrected chi connectivity index (χ4v) is 2.24. The van der Waals surface area contributed by atoms with Crippen LogP contribution in [0.15, 0.2) is 23.2 Å². The van der Waals surface area contributed by atoms with E-state index in [1.165, 1.54) is 0 Å². The van der Waals surface area contributed by atoms with Crippen molar-refractivity contribution in [2.24, 2.45) is 22.2 Å². The Bertz CT molecular complexity index is 478. The molecule has 0 radical (unpaired) electrons. The first-order chi connectivity index (χ1) is 9.60. The number of hydrogen-bond donors (Lipinski definition) is 3. The van der Waals surface area contributed by atoms with Crippen molar-refractivity contribution >= 4 is 17.3 Å². The molecule has 1 aromatic rings. The molecule has 1 aromatic carbocycles. The van der Waals surface area contributed by atoms with E-state index in [-0.39, 0.29) is 12.7 Å². The molecule has 1 saturated heterocycles. The third kappa shape index (κ3) is 3.52. The van der Waals surface area contributed by atoms with Crippen molar-refractivity contribution in [3.05, 3.63) is 18.2 Å². The molecule has 1 heterocycles. The molecule has 20 heavy (non-hydrogen) atoms. The number of rotatable bonds is 4. The summed E-state index contributed by atoms with van der Waals surface area (Å²) in [4.78, 5) is 8.61. The van der Waals surface area contributed by atoms with Crippen LogP contribution in [0.1, 0.15) is 0 Å². The van der Waals surface area contributed by atoms with Gasteiger partial charge >= 0.3 is 0 Å². The first kappa shape index (κ1) is 14.4. The number of nitrogens with two attached hydrogens (primary N) is 3. The van der Waals surface area contributed by atoms with Crippen LogP contribution in [0.3, 0.4) is 0 Å². The molecule has 1 fully saturated rings. The van der Waals surface area contributed by atoms with Gasteiger partial charge in [0.05, 0.1) is 11.4 Å². The zero-order valence-corrected chi connectivity index (χ0v) is 11.7. The maximum atomic E-state index is 5.51. The molecule has 0 spiro atoms. The number of aliphatic imine (C=N–C) groups is 1. The van der Waals surface area contributed by atoms with E-state index in [1.54, 1.807) is 6.07 Å². The topological polar surface area (TPSA) is 106 Å². The quantitative estimate of drug-likeness (QED) is 0.394. The Morgan fingerprint density at radius 1 is 1.25 bits per heavy atom. The number of piperazine rings is 1. The zero-order chi connectivity index (χ0) is 14.5. The highest BCUT2D eigenvalue weighted by molar-refractivity contribution is 5.79. The Kier molecular flexibility index (Phi) is 4.65. The predicted octanol–water partition coefficient (Wildman–Crippen LogP) is -0.362. The normalized spacial score (nSPS) is 16.0. The lowest BCUT2D eigenvalue weighted by atomic mass is 10.2. The summed E-state index contributed by atoms with van der Waals surface area (Å²) < 4.78 is 5.51. The second-order valence-electron chi connectivity index (χ2n) is 4.79. The number of benzene rings is 1.